The molecule has 20 heavy (non-hydrogen) atoms. The fourth-order valence-corrected chi connectivity index (χ4v) is 2.33. The van der Waals surface area contributed by atoms with Crippen molar-refractivity contribution in [1.29, 1.82) is 0 Å². The highest BCUT2D eigenvalue weighted by molar-refractivity contribution is 5.27. The average Bonchev–Trinajstić information content (AvgIpc) is 2.53. The van der Waals surface area contributed by atoms with E-state index < -0.39 is 0 Å². The summed E-state index contributed by atoms with van der Waals surface area (Å²) in [4.78, 5) is 14.8. The lowest BCUT2D eigenvalue weighted by Crippen LogP contribution is -2.41. The monoisotopic (exact) mass is 281 g/mol. The van der Waals surface area contributed by atoms with E-state index >= 15 is 0 Å². The molecule has 0 saturated carbocycles. The highest BCUT2D eigenvalue weighted by Gasteiger charge is 2.17. The van der Waals surface area contributed by atoms with Crippen LogP contribution < -0.4 is 14.8 Å². The van der Waals surface area contributed by atoms with Gasteiger partial charge < -0.3 is 14.8 Å². The van der Waals surface area contributed by atoms with Crippen LogP contribution in [0.3, 0.4) is 0 Å². The highest BCUT2D eigenvalue weighted by Crippen LogP contribution is 2.14. The van der Waals surface area contributed by atoms with Gasteiger partial charge in [-0.2, -0.15) is 9.97 Å². The van der Waals surface area contributed by atoms with Gasteiger partial charge in [0.05, 0.1) is 14.2 Å². The van der Waals surface area contributed by atoms with E-state index in [1.165, 1.54) is 46.6 Å². The number of nitrogens with zero attached hydrogens (tertiary/aromatic N) is 4. The molecule has 7 heteroatoms. The number of likely N-dealkylation sites (tertiary alicyclic amines) is 1. The highest BCUT2D eigenvalue weighted by atomic mass is 16.5. The molecule has 1 fully saturated rings. The third-order valence-electron chi connectivity index (χ3n) is 3.53. The molecule has 7 nitrogen and oxygen atoms in total. The smallest absolute Gasteiger partial charge is 0.324 e. The van der Waals surface area contributed by atoms with Gasteiger partial charge in [-0.05, 0) is 32.9 Å². The summed E-state index contributed by atoms with van der Waals surface area (Å²) in [5.74, 6) is 0.484. The summed E-state index contributed by atoms with van der Waals surface area (Å²) in [6.07, 6.45) is 3.92. The van der Waals surface area contributed by atoms with Gasteiger partial charge in [0.15, 0.2) is 0 Å². The zero-order chi connectivity index (χ0) is 14.4. The van der Waals surface area contributed by atoms with Gasteiger partial charge in [-0.3, -0.25) is 4.90 Å². The summed E-state index contributed by atoms with van der Waals surface area (Å²) < 4.78 is 10.1. The second-order valence-electron chi connectivity index (χ2n) is 4.96. The van der Waals surface area contributed by atoms with Crippen LogP contribution in [-0.2, 0) is 0 Å². The molecule has 0 amide bonds. The first-order valence-electron chi connectivity index (χ1n) is 7.05. The Bertz CT molecular complexity index is 401. The molecule has 1 N–H and O–H groups in total. The minimum atomic E-state index is 0.255. The largest absolute Gasteiger partial charge is 0.467 e. The lowest BCUT2D eigenvalue weighted by molar-refractivity contribution is 0.180. The Labute approximate surface area is 119 Å². The third-order valence-corrected chi connectivity index (χ3v) is 3.53. The molecule has 112 valence electrons. The molecule has 2 rings (SSSR count). The molecule has 0 aliphatic carbocycles. The van der Waals surface area contributed by atoms with E-state index in [1.54, 1.807) is 0 Å². The van der Waals surface area contributed by atoms with Crippen LogP contribution >= 0.6 is 0 Å². The number of piperidine rings is 1. The van der Waals surface area contributed by atoms with Gasteiger partial charge in [0, 0.05) is 12.6 Å². The Kier molecular flexibility index (Phi) is 5.34. The molecule has 1 aromatic heterocycles. The lowest BCUT2D eigenvalue weighted by atomic mass is 10.1. The summed E-state index contributed by atoms with van der Waals surface area (Å²) >= 11 is 0. The van der Waals surface area contributed by atoms with Crippen LogP contribution in [-0.4, -0.2) is 59.7 Å². The Balaban J connectivity index is 1.92. The predicted molar refractivity (Wildman–Crippen MR) is 76.3 cm³/mol. The molecule has 2 heterocycles. The molecule has 1 atom stereocenters. The molecule has 0 spiro atoms. The molecular weight excluding hydrogens is 258 g/mol. The van der Waals surface area contributed by atoms with Crippen molar-refractivity contribution in [2.75, 3.05) is 39.2 Å². The first-order valence-corrected chi connectivity index (χ1v) is 7.05. The van der Waals surface area contributed by atoms with Crippen LogP contribution in [0.25, 0.3) is 0 Å². The maximum atomic E-state index is 5.03. The van der Waals surface area contributed by atoms with Crippen molar-refractivity contribution in [3.63, 3.8) is 0 Å². The zero-order valence-electron chi connectivity index (χ0n) is 12.4. The predicted octanol–water partition coefficient (Wildman–Crippen LogP) is 1.18. The van der Waals surface area contributed by atoms with E-state index in [2.05, 4.69) is 32.1 Å². The van der Waals surface area contributed by atoms with Gasteiger partial charge in [-0.15, -0.1) is 4.98 Å². The normalized spacial score (nSPS) is 17.6. The minimum Gasteiger partial charge on any atom is -0.467 e. The quantitative estimate of drug-likeness (QED) is 0.839. The molecule has 0 aromatic carbocycles. The van der Waals surface area contributed by atoms with E-state index in [0.29, 0.717) is 12.0 Å². The van der Waals surface area contributed by atoms with Gasteiger partial charge in [0.1, 0.15) is 0 Å². The van der Waals surface area contributed by atoms with Crippen molar-refractivity contribution < 1.29 is 9.47 Å². The molecule has 1 aliphatic heterocycles. The molecule has 1 aliphatic rings. The Hall–Kier alpha value is -1.63. The van der Waals surface area contributed by atoms with Crippen molar-refractivity contribution in [2.45, 2.75) is 32.2 Å². The zero-order valence-corrected chi connectivity index (χ0v) is 12.4. The molecule has 0 bridgehead atoms. The van der Waals surface area contributed by atoms with Crippen molar-refractivity contribution in [3.05, 3.63) is 0 Å². The van der Waals surface area contributed by atoms with E-state index in [-0.39, 0.29) is 12.0 Å². The minimum absolute atomic E-state index is 0.255. The van der Waals surface area contributed by atoms with Gasteiger partial charge >= 0.3 is 12.0 Å². The summed E-state index contributed by atoms with van der Waals surface area (Å²) in [5.41, 5.74) is 0. The summed E-state index contributed by atoms with van der Waals surface area (Å²) in [5, 5.41) is 3.23. The van der Waals surface area contributed by atoms with Crippen LogP contribution in [0.4, 0.5) is 5.95 Å². The van der Waals surface area contributed by atoms with Crippen LogP contribution in [0, 0.1) is 0 Å². The molecule has 0 radical (unpaired) electrons. The number of nitrogens with one attached hydrogen (secondary N) is 1. The first-order chi connectivity index (χ1) is 9.72. The number of anilines is 1. The van der Waals surface area contributed by atoms with Gasteiger partial charge in [-0.25, -0.2) is 0 Å². The number of rotatable bonds is 6. The molecule has 1 saturated heterocycles. The second-order valence-corrected chi connectivity index (χ2v) is 4.96. The van der Waals surface area contributed by atoms with Gasteiger partial charge in [0.25, 0.3) is 0 Å². The van der Waals surface area contributed by atoms with Crippen molar-refractivity contribution >= 4 is 5.95 Å². The summed E-state index contributed by atoms with van der Waals surface area (Å²) in [7, 11) is 3.05. The van der Waals surface area contributed by atoms with Crippen molar-refractivity contribution in [2.24, 2.45) is 0 Å². The maximum absolute atomic E-state index is 5.03. The standard InChI is InChI=1S/C13H23N5O2/c1-10(18-7-5-4-6-8-18)9-14-11-15-12(19-2)17-13(16-11)20-3/h10H,4-9H2,1-3H3,(H,14,15,16,17). The molecule has 1 aromatic rings. The van der Waals surface area contributed by atoms with Crippen LogP contribution in [0.5, 0.6) is 12.0 Å². The van der Waals surface area contributed by atoms with Crippen molar-refractivity contribution in [3.8, 4) is 12.0 Å². The topological polar surface area (TPSA) is 72.4 Å². The van der Waals surface area contributed by atoms with E-state index in [0.717, 1.165) is 6.54 Å². The van der Waals surface area contributed by atoms with E-state index in [4.69, 9.17) is 9.47 Å². The average molecular weight is 281 g/mol. The number of aromatic nitrogens is 3. The van der Waals surface area contributed by atoms with Gasteiger partial charge in [-0.1, -0.05) is 6.42 Å². The fraction of sp³-hybridized carbons (Fsp3) is 0.769. The maximum Gasteiger partial charge on any atom is 0.324 e. The number of hydrogen-bond acceptors (Lipinski definition) is 7. The second kappa shape index (κ2) is 7.23. The van der Waals surface area contributed by atoms with Crippen LogP contribution in [0.15, 0.2) is 0 Å². The fourth-order valence-electron chi connectivity index (χ4n) is 2.33. The summed E-state index contributed by atoms with van der Waals surface area (Å²) in [6, 6.07) is 0.957. The lowest BCUT2D eigenvalue weighted by Gasteiger charge is -2.32. The van der Waals surface area contributed by atoms with Crippen LogP contribution in [0.2, 0.25) is 0 Å². The SMILES string of the molecule is COc1nc(NCC(C)N2CCCCC2)nc(OC)n1. The number of methoxy groups -OCH3 is 2. The molecule has 1 unspecified atom stereocenters. The first kappa shape index (κ1) is 14.8. The van der Waals surface area contributed by atoms with E-state index in [1.807, 2.05) is 0 Å². The van der Waals surface area contributed by atoms with E-state index in [9.17, 15) is 0 Å². The number of hydrogen-bond donors (Lipinski definition) is 1. The summed E-state index contributed by atoms with van der Waals surface area (Å²) in [6.45, 7) is 5.35. The molecular formula is C13H23N5O2. The van der Waals surface area contributed by atoms with Gasteiger partial charge in [0.2, 0.25) is 5.95 Å². The number of ether oxygens (including phenoxy) is 2. The third kappa shape index (κ3) is 3.93. The van der Waals surface area contributed by atoms with Crippen LogP contribution in [0.1, 0.15) is 26.2 Å². The Morgan fingerprint density at radius 2 is 1.65 bits per heavy atom. The van der Waals surface area contributed by atoms with Crippen molar-refractivity contribution in [1.82, 2.24) is 19.9 Å². The Morgan fingerprint density at radius 1 is 1.05 bits per heavy atom. The Morgan fingerprint density at radius 3 is 2.20 bits per heavy atom.